The molecule has 152 valence electrons. The summed E-state index contributed by atoms with van der Waals surface area (Å²) in [4.78, 5) is 0. The molecular weight excluding hydrogens is 369 g/mol. The van der Waals surface area contributed by atoms with Crippen molar-refractivity contribution in [3.8, 4) is 11.8 Å². The summed E-state index contributed by atoms with van der Waals surface area (Å²) in [6, 6.07) is 14.1. The molecule has 1 unspecified atom stereocenters. The van der Waals surface area contributed by atoms with Crippen LogP contribution in [0.25, 0.3) is 0 Å². The molecule has 0 amide bonds. The average molecular weight is 396 g/mol. The van der Waals surface area contributed by atoms with Gasteiger partial charge in [-0.2, -0.15) is 13.2 Å². The monoisotopic (exact) mass is 396 g/mol. The van der Waals surface area contributed by atoms with Gasteiger partial charge in [-0.05, 0) is 73.4 Å². The molecule has 0 radical (unpaired) electrons. The van der Waals surface area contributed by atoms with E-state index in [1.165, 1.54) is 17.7 Å². The molecule has 0 aromatic heterocycles. The molecule has 29 heavy (non-hydrogen) atoms. The lowest BCUT2D eigenvalue weighted by atomic mass is 9.79. The Kier molecular flexibility index (Phi) is 6.85. The Balaban J connectivity index is 1.56. The quantitative estimate of drug-likeness (QED) is 0.367. The highest BCUT2D eigenvalue weighted by molar-refractivity contribution is 5.38. The van der Waals surface area contributed by atoms with Crippen molar-refractivity contribution in [1.29, 1.82) is 0 Å². The highest BCUT2D eigenvalue weighted by Crippen LogP contribution is 2.37. The van der Waals surface area contributed by atoms with Gasteiger partial charge in [0.15, 0.2) is 0 Å². The summed E-state index contributed by atoms with van der Waals surface area (Å²) < 4.78 is 38.1. The van der Waals surface area contributed by atoms with Gasteiger partial charge < -0.3 is 0 Å². The van der Waals surface area contributed by atoms with E-state index in [2.05, 4.69) is 49.6 Å². The molecular formula is C26H27F3. The molecule has 0 spiro atoms. The van der Waals surface area contributed by atoms with Crippen molar-refractivity contribution in [3.05, 3.63) is 83.4 Å². The third kappa shape index (κ3) is 5.54. The van der Waals surface area contributed by atoms with Gasteiger partial charge >= 0.3 is 6.18 Å². The van der Waals surface area contributed by atoms with Crippen LogP contribution in [0, 0.1) is 17.8 Å². The van der Waals surface area contributed by atoms with Crippen LogP contribution in [-0.2, 0) is 6.18 Å². The maximum atomic E-state index is 12.7. The first-order chi connectivity index (χ1) is 13.9. The molecule has 0 N–H and O–H groups in total. The molecule has 2 aromatic rings. The summed E-state index contributed by atoms with van der Waals surface area (Å²) in [5.74, 6) is 7.77. The fourth-order valence-electron chi connectivity index (χ4n) is 4.05. The number of halogens is 3. The smallest absolute Gasteiger partial charge is 0.166 e. The molecule has 3 heteroatoms. The summed E-state index contributed by atoms with van der Waals surface area (Å²) in [6.07, 6.45) is 2.68. The van der Waals surface area contributed by atoms with Crippen LogP contribution in [0.5, 0.6) is 0 Å². The Labute approximate surface area is 171 Å². The Morgan fingerprint density at radius 2 is 1.62 bits per heavy atom. The molecule has 0 nitrogen and oxygen atoms in total. The number of rotatable bonds is 4. The second-order valence-corrected chi connectivity index (χ2v) is 7.81. The van der Waals surface area contributed by atoms with E-state index in [-0.39, 0.29) is 0 Å². The van der Waals surface area contributed by atoms with Crippen molar-refractivity contribution in [2.45, 2.75) is 57.0 Å². The third-order valence-electron chi connectivity index (χ3n) is 5.92. The average Bonchev–Trinajstić information content (AvgIpc) is 2.74. The zero-order valence-electron chi connectivity index (χ0n) is 16.8. The molecule has 1 aliphatic rings. The fraction of sp³-hybridized carbons (Fsp3) is 0.385. The van der Waals surface area contributed by atoms with Gasteiger partial charge in [-0.1, -0.05) is 49.1 Å². The highest BCUT2D eigenvalue weighted by Gasteiger charge is 2.30. The van der Waals surface area contributed by atoms with Gasteiger partial charge in [0.25, 0.3) is 0 Å². The maximum Gasteiger partial charge on any atom is 0.416 e. The second kappa shape index (κ2) is 9.35. The highest BCUT2D eigenvalue weighted by atomic mass is 19.4. The summed E-state index contributed by atoms with van der Waals surface area (Å²) in [5, 5.41) is 0. The van der Waals surface area contributed by atoms with Crippen LogP contribution >= 0.6 is 0 Å². The Morgan fingerprint density at radius 3 is 2.14 bits per heavy atom. The van der Waals surface area contributed by atoms with Gasteiger partial charge in [-0.15, -0.1) is 6.58 Å². The maximum absolute atomic E-state index is 12.7. The fourth-order valence-corrected chi connectivity index (χ4v) is 4.05. The van der Waals surface area contributed by atoms with E-state index in [4.69, 9.17) is 0 Å². The van der Waals surface area contributed by atoms with Crippen molar-refractivity contribution in [1.82, 2.24) is 0 Å². The summed E-state index contributed by atoms with van der Waals surface area (Å²) in [7, 11) is 0. The normalized spacial score (nSPS) is 20.4. The van der Waals surface area contributed by atoms with Crippen LogP contribution in [-0.4, -0.2) is 0 Å². The van der Waals surface area contributed by atoms with E-state index < -0.39 is 11.7 Å². The number of hydrogen-bond donors (Lipinski definition) is 0. The first kappa shape index (κ1) is 21.2. The van der Waals surface area contributed by atoms with Crippen LogP contribution in [0.2, 0.25) is 0 Å². The Bertz CT molecular complexity index is 855. The SMILES string of the molecule is C=CC(CC)c1ccc(C#CC2CCC(c3ccc(C(F)(F)F)cc3)CC2)cc1. The summed E-state index contributed by atoms with van der Waals surface area (Å²) in [6.45, 7) is 6.05. The number of hydrogen-bond acceptors (Lipinski definition) is 0. The standard InChI is InChI=1S/C26H27F3/c1-3-21(4-2)22-11-7-19(8-12-22)5-6-20-9-13-23(14-10-20)24-15-17-25(18-16-24)26(27,28)29/h3,7-8,11-12,15-18,20-21,23H,1,4,9-10,13-14H2,2H3. The molecule has 0 heterocycles. The lowest BCUT2D eigenvalue weighted by Crippen LogP contribution is -2.12. The first-order valence-corrected chi connectivity index (χ1v) is 10.3. The van der Waals surface area contributed by atoms with E-state index in [1.54, 1.807) is 12.1 Å². The summed E-state index contributed by atoms with van der Waals surface area (Å²) in [5.41, 5.74) is 2.72. The minimum atomic E-state index is -4.27. The molecule has 3 rings (SSSR count). The van der Waals surface area contributed by atoms with Gasteiger partial charge in [0, 0.05) is 17.4 Å². The molecule has 0 bridgehead atoms. The molecule has 2 aromatic carbocycles. The molecule has 0 saturated heterocycles. The van der Waals surface area contributed by atoms with Gasteiger partial charge in [-0.3, -0.25) is 0 Å². The Morgan fingerprint density at radius 1 is 1.00 bits per heavy atom. The van der Waals surface area contributed by atoms with Crippen LogP contribution in [0.4, 0.5) is 13.2 Å². The lowest BCUT2D eigenvalue weighted by Gasteiger charge is -2.26. The van der Waals surface area contributed by atoms with E-state index in [0.717, 1.165) is 43.2 Å². The van der Waals surface area contributed by atoms with Gasteiger partial charge in [0.1, 0.15) is 0 Å². The predicted molar refractivity (Wildman–Crippen MR) is 113 cm³/mol. The lowest BCUT2D eigenvalue weighted by molar-refractivity contribution is -0.137. The summed E-state index contributed by atoms with van der Waals surface area (Å²) >= 11 is 0. The van der Waals surface area contributed by atoms with E-state index in [9.17, 15) is 13.2 Å². The zero-order valence-corrected chi connectivity index (χ0v) is 16.8. The van der Waals surface area contributed by atoms with Crippen LogP contribution in [0.1, 0.15) is 73.1 Å². The van der Waals surface area contributed by atoms with Gasteiger partial charge in [0.05, 0.1) is 5.56 Å². The predicted octanol–water partition coefficient (Wildman–Crippen LogP) is 7.71. The third-order valence-corrected chi connectivity index (χ3v) is 5.92. The molecule has 1 fully saturated rings. The van der Waals surface area contributed by atoms with Crippen LogP contribution in [0.3, 0.4) is 0 Å². The van der Waals surface area contributed by atoms with Crippen LogP contribution < -0.4 is 0 Å². The molecule has 1 saturated carbocycles. The van der Waals surface area contributed by atoms with Crippen molar-refractivity contribution >= 4 is 0 Å². The largest absolute Gasteiger partial charge is 0.416 e. The van der Waals surface area contributed by atoms with E-state index >= 15 is 0 Å². The number of allylic oxidation sites excluding steroid dienone is 1. The Hall–Kier alpha value is -2.47. The van der Waals surface area contributed by atoms with E-state index in [1.807, 2.05) is 6.08 Å². The number of alkyl halides is 3. The van der Waals surface area contributed by atoms with Gasteiger partial charge in [-0.25, -0.2) is 0 Å². The number of benzene rings is 2. The second-order valence-electron chi connectivity index (χ2n) is 7.81. The molecule has 0 aliphatic heterocycles. The molecule has 1 atom stereocenters. The van der Waals surface area contributed by atoms with Crippen molar-refractivity contribution < 1.29 is 13.2 Å². The zero-order chi connectivity index (χ0) is 20.9. The first-order valence-electron chi connectivity index (χ1n) is 10.3. The van der Waals surface area contributed by atoms with Crippen molar-refractivity contribution in [2.75, 3.05) is 0 Å². The van der Waals surface area contributed by atoms with E-state index in [0.29, 0.717) is 17.8 Å². The van der Waals surface area contributed by atoms with Crippen molar-refractivity contribution in [2.24, 2.45) is 5.92 Å². The van der Waals surface area contributed by atoms with Crippen molar-refractivity contribution in [3.63, 3.8) is 0 Å². The van der Waals surface area contributed by atoms with Crippen LogP contribution in [0.15, 0.2) is 61.2 Å². The van der Waals surface area contributed by atoms with Gasteiger partial charge in [0.2, 0.25) is 0 Å². The topological polar surface area (TPSA) is 0 Å². The molecule has 1 aliphatic carbocycles. The minimum absolute atomic E-state index is 0.333. The minimum Gasteiger partial charge on any atom is -0.166 e.